The van der Waals surface area contributed by atoms with Crippen LogP contribution in [0.15, 0.2) is 74.3 Å². The highest BCUT2D eigenvalue weighted by Gasteiger charge is 2.44. The van der Waals surface area contributed by atoms with Gasteiger partial charge in [-0.2, -0.15) is 0 Å². The molecule has 0 saturated carbocycles. The average Bonchev–Trinajstić information content (AvgIpc) is 3.13. The number of nitrogens with zero attached hydrogens (tertiary/aromatic N) is 1. The minimum atomic E-state index is -0.797. The predicted molar refractivity (Wildman–Crippen MR) is 131 cm³/mol. The molecule has 7 nitrogen and oxygen atoms in total. The molecule has 1 N–H and O–H groups in total. The number of hydrogen-bond donors (Lipinski definition) is 1. The van der Waals surface area contributed by atoms with Crippen molar-refractivity contribution in [3.63, 3.8) is 0 Å². The van der Waals surface area contributed by atoms with Gasteiger partial charge in [-0.05, 0) is 55.0 Å². The van der Waals surface area contributed by atoms with Gasteiger partial charge in [0.05, 0.1) is 30.7 Å². The zero-order chi connectivity index (χ0) is 24.0. The fourth-order valence-corrected chi connectivity index (χ4v) is 4.62. The number of carbonyl (C=O) groups is 1. The van der Waals surface area contributed by atoms with Crippen LogP contribution in [0.25, 0.3) is 11.0 Å². The largest absolute Gasteiger partial charge is 0.504 e. The molecular weight excluding hydrogens is 502 g/mol. The van der Waals surface area contributed by atoms with E-state index < -0.39 is 11.9 Å². The van der Waals surface area contributed by atoms with Crippen molar-refractivity contribution in [2.75, 3.05) is 18.6 Å². The zero-order valence-corrected chi connectivity index (χ0v) is 20.0. The molecular formula is C26H20BrNO6. The highest BCUT2D eigenvalue weighted by molar-refractivity contribution is 9.10. The maximum absolute atomic E-state index is 13.7. The van der Waals surface area contributed by atoms with Crippen molar-refractivity contribution in [1.29, 1.82) is 0 Å². The van der Waals surface area contributed by atoms with Gasteiger partial charge in [0.2, 0.25) is 5.76 Å². The summed E-state index contributed by atoms with van der Waals surface area (Å²) in [5.74, 6) is 0.339. The van der Waals surface area contributed by atoms with Gasteiger partial charge in [-0.15, -0.1) is 0 Å². The lowest BCUT2D eigenvalue weighted by atomic mass is 9.97. The van der Waals surface area contributed by atoms with E-state index in [-0.39, 0.29) is 28.3 Å². The smallest absolute Gasteiger partial charge is 0.295 e. The molecule has 8 heteroatoms. The van der Waals surface area contributed by atoms with E-state index >= 15 is 0 Å². The molecule has 0 aliphatic carbocycles. The Morgan fingerprint density at radius 3 is 2.68 bits per heavy atom. The molecule has 1 atom stereocenters. The first-order valence-corrected chi connectivity index (χ1v) is 11.4. The molecule has 0 bridgehead atoms. The molecule has 1 aliphatic rings. The van der Waals surface area contributed by atoms with E-state index in [0.29, 0.717) is 34.6 Å². The van der Waals surface area contributed by atoms with E-state index in [4.69, 9.17) is 13.9 Å². The maximum Gasteiger partial charge on any atom is 0.295 e. The van der Waals surface area contributed by atoms with E-state index in [1.54, 1.807) is 61.7 Å². The normalized spacial score (nSPS) is 15.0. The molecule has 1 unspecified atom stereocenters. The molecule has 0 radical (unpaired) electrons. The molecule has 1 amide bonds. The lowest BCUT2D eigenvalue weighted by molar-refractivity contribution is 0.0971. The number of ether oxygens (including phenoxy) is 2. The number of halogens is 1. The Bertz CT molecular complexity index is 1490. The van der Waals surface area contributed by atoms with Crippen molar-refractivity contribution in [1.82, 2.24) is 0 Å². The van der Waals surface area contributed by atoms with Crippen LogP contribution in [0, 0.1) is 0 Å². The zero-order valence-electron chi connectivity index (χ0n) is 18.4. The molecule has 4 aromatic rings. The van der Waals surface area contributed by atoms with Crippen molar-refractivity contribution < 1.29 is 23.8 Å². The summed E-state index contributed by atoms with van der Waals surface area (Å²) in [7, 11) is 1.54. The number of rotatable bonds is 5. The first-order chi connectivity index (χ1) is 16.4. The van der Waals surface area contributed by atoms with Crippen LogP contribution < -0.4 is 19.8 Å². The van der Waals surface area contributed by atoms with Gasteiger partial charge < -0.3 is 19.0 Å². The molecule has 0 saturated heterocycles. The van der Waals surface area contributed by atoms with Crippen LogP contribution in [0.3, 0.4) is 0 Å². The minimum absolute atomic E-state index is 0.0151. The highest BCUT2D eigenvalue weighted by Crippen LogP contribution is 2.43. The molecule has 172 valence electrons. The first-order valence-electron chi connectivity index (χ1n) is 10.6. The predicted octanol–water partition coefficient (Wildman–Crippen LogP) is 5.42. The average molecular weight is 522 g/mol. The van der Waals surface area contributed by atoms with Gasteiger partial charge in [0, 0.05) is 16.2 Å². The first kappa shape index (κ1) is 22.0. The Morgan fingerprint density at radius 1 is 1.09 bits per heavy atom. The van der Waals surface area contributed by atoms with Gasteiger partial charge >= 0.3 is 0 Å². The van der Waals surface area contributed by atoms with Crippen LogP contribution in [0.2, 0.25) is 0 Å². The number of hydrogen-bond acceptors (Lipinski definition) is 6. The van der Waals surface area contributed by atoms with E-state index in [1.165, 1.54) is 11.0 Å². The van der Waals surface area contributed by atoms with Crippen molar-refractivity contribution in [2.24, 2.45) is 0 Å². The summed E-state index contributed by atoms with van der Waals surface area (Å²) in [5, 5.41) is 10.6. The lowest BCUT2D eigenvalue weighted by Gasteiger charge is -2.26. The van der Waals surface area contributed by atoms with Crippen molar-refractivity contribution >= 4 is 38.5 Å². The Hall–Kier alpha value is -3.78. The Morgan fingerprint density at radius 2 is 1.91 bits per heavy atom. The number of amides is 1. The fourth-order valence-electron chi connectivity index (χ4n) is 4.26. The van der Waals surface area contributed by atoms with Crippen LogP contribution in [-0.4, -0.2) is 24.7 Å². The summed E-state index contributed by atoms with van der Waals surface area (Å²) in [4.78, 5) is 28.9. The van der Waals surface area contributed by atoms with Gasteiger partial charge in [0.25, 0.3) is 5.91 Å². The fraction of sp³-hybridized carbons (Fsp3) is 0.154. The van der Waals surface area contributed by atoms with Crippen LogP contribution in [0.4, 0.5) is 5.69 Å². The highest BCUT2D eigenvalue weighted by atomic mass is 79.9. The second kappa shape index (κ2) is 8.53. The molecule has 0 fully saturated rings. The number of fused-ring (bicyclic) bond motifs is 2. The summed E-state index contributed by atoms with van der Waals surface area (Å²) in [6.07, 6.45) is 0. The molecule has 0 spiro atoms. The standard InChI is InChI=1S/C26H20BrNO6/c1-3-33-21-11-14(7-9-19(21)29)23-22-24(30)18-12-15(27)8-10-20(18)34-25(22)26(31)28(23)16-5-4-6-17(13-16)32-2/h4-13,23,29H,3H2,1-2H3. The molecule has 1 aromatic heterocycles. The summed E-state index contributed by atoms with van der Waals surface area (Å²) >= 11 is 3.40. The molecule has 5 rings (SSSR count). The Kier molecular flexibility index (Phi) is 5.53. The summed E-state index contributed by atoms with van der Waals surface area (Å²) < 4.78 is 17.6. The minimum Gasteiger partial charge on any atom is -0.504 e. The lowest BCUT2D eigenvalue weighted by Crippen LogP contribution is -2.29. The van der Waals surface area contributed by atoms with E-state index in [0.717, 1.165) is 4.47 Å². The van der Waals surface area contributed by atoms with Crippen molar-refractivity contribution in [3.8, 4) is 17.2 Å². The van der Waals surface area contributed by atoms with Gasteiger partial charge in [-0.3, -0.25) is 14.5 Å². The number of methoxy groups -OCH3 is 1. The third-order valence-electron chi connectivity index (χ3n) is 5.76. The molecule has 2 heterocycles. The van der Waals surface area contributed by atoms with Gasteiger partial charge in [-0.1, -0.05) is 28.1 Å². The summed E-state index contributed by atoms with van der Waals surface area (Å²) in [6, 6.07) is 16.1. The number of benzene rings is 3. The third-order valence-corrected chi connectivity index (χ3v) is 6.26. The van der Waals surface area contributed by atoms with Crippen LogP contribution in [0.1, 0.15) is 34.6 Å². The van der Waals surface area contributed by atoms with Crippen molar-refractivity contribution in [2.45, 2.75) is 13.0 Å². The number of carbonyl (C=O) groups excluding carboxylic acids is 1. The summed E-state index contributed by atoms with van der Waals surface area (Å²) in [5.41, 5.74) is 1.39. The van der Waals surface area contributed by atoms with Gasteiger partial charge in [-0.25, -0.2) is 0 Å². The van der Waals surface area contributed by atoms with Gasteiger partial charge in [0.15, 0.2) is 16.9 Å². The summed E-state index contributed by atoms with van der Waals surface area (Å²) in [6.45, 7) is 2.15. The van der Waals surface area contributed by atoms with Gasteiger partial charge in [0.1, 0.15) is 11.3 Å². The quantitative estimate of drug-likeness (QED) is 0.377. The second-order valence-corrected chi connectivity index (χ2v) is 8.67. The second-order valence-electron chi connectivity index (χ2n) is 7.75. The Labute approximate surface area is 203 Å². The van der Waals surface area contributed by atoms with Crippen LogP contribution in [0.5, 0.6) is 17.2 Å². The molecule has 1 aliphatic heterocycles. The van der Waals surface area contributed by atoms with E-state index in [2.05, 4.69) is 15.9 Å². The maximum atomic E-state index is 13.7. The van der Waals surface area contributed by atoms with E-state index in [9.17, 15) is 14.7 Å². The number of phenolic OH excluding ortho intramolecular Hbond substituents is 1. The van der Waals surface area contributed by atoms with Crippen molar-refractivity contribution in [3.05, 3.63) is 92.2 Å². The topological polar surface area (TPSA) is 89.2 Å². The number of anilines is 1. The number of aromatic hydroxyl groups is 1. The van der Waals surface area contributed by atoms with E-state index in [1.807, 2.05) is 6.92 Å². The monoisotopic (exact) mass is 521 g/mol. The number of phenols is 1. The molecule has 3 aromatic carbocycles. The SMILES string of the molecule is CCOc1cc(C2c3c(oc4ccc(Br)cc4c3=O)C(=O)N2c2cccc(OC)c2)ccc1O. The molecule has 34 heavy (non-hydrogen) atoms. The third kappa shape index (κ3) is 3.51. The van der Waals surface area contributed by atoms with Crippen LogP contribution in [-0.2, 0) is 0 Å². The van der Waals surface area contributed by atoms with Crippen LogP contribution >= 0.6 is 15.9 Å². The Balaban J connectivity index is 1.80.